The first-order chi connectivity index (χ1) is 6.88. The van der Waals surface area contributed by atoms with Gasteiger partial charge >= 0.3 is 0 Å². The van der Waals surface area contributed by atoms with Crippen molar-refractivity contribution in [3.8, 4) is 0 Å². The summed E-state index contributed by atoms with van der Waals surface area (Å²) >= 11 is 0. The summed E-state index contributed by atoms with van der Waals surface area (Å²) in [7, 11) is 0. The smallest absolute Gasteiger partial charge is 0.135 e. The van der Waals surface area contributed by atoms with E-state index in [0.717, 1.165) is 22.9 Å². The fourth-order valence-electron chi connectivity index (χ4n) is 1.76. The third-order valence-corrected chi connectivity index (χ3v) is 2.50. The summed E-state index contributed by atoms with van der Waals surface area (Å²) in [6, 6.07) is 9.20. The number of furan rings is 1. The summed E-state index contributed by atoms with van der Waals surface area (Å²) in [6.45, 7) is 3.02. The molecule has 68 valence electrons. The van der Waals surface area contributed by atoms with Crippen LogP contribution in [0.3, 0.4) is 0 Å². The molecule has 2 aromatic heterocycles. The van der Waals surface area contributed by atoms with Gasteiger partial charge in [0.1, 0.15) is 5.58 Å². The molecular weight excluding hydrogens is 174 g/mol. The molecular formula is C12H9NO. The molecule has 0 fully saturated rings. The Morgan fingerprint density at radius 3 is 3.21 bits per heavy atom. The number of fused-ring (bicyclic) bond motifs is 2. The van der Waals surface area contributed by atoms with Crippen LogP contribution >= 0.6 is 0 Å². The summed E-state index contributed by atoms with van der Waals surface area (Å²) < 4.78 is 7.38. The second kappa shape index (κ2) is 2.55. The fourth-order valence-corrected chi connectivity index (χ4v) is 1.76. The zero-order valence-corrected chi connectivity index (χ0v) is 7.87. The van der Waals surface area contributed by atoms with Gasteiger partial charge < -0.3 is 8.98 Å². The molecule has 3 aromatic rings. The minimum absolute atomic E-state index is 0.913. The molecule has 0 atom stereocenters. The molecule has 0 bridgehead atoms. The average Bonchev–Trinajstić information content (AvgIpc) is 2.78. The van der Waals surface area contributed by atoms with Crippen LogP contribution in [0.25, 0.3) is 21.9 Å². The molecule has 14 heavy (non-hydrogen) atoms. The predicted molar refractivity (Wildman–Crippen MR) is 55.1 cm³/mol. The number of aromatic nitrogens is 1. The van der Waals surface area contributed by atoms with E-state index in [2.05, 4.69) is 29.8 Å². The van der Waals surface area contributed by atoms with Crippen LogP contribution in [-0.2, 0) is 6.54 Å². The van der Waals surface area contributed by atoms with E-state index >= 15 is 0 Å². The highest BCUT2D eigenvalue weighted by Gasteiger charge is 2.02. The largest absolute Gasteiger partial charge is 0.464 e. The van der Waals surface area contributed by atoms with Crippen molar-refractivity contribution < 1.29 is 4.42 Å². The summed E-state index contributed by atoms with van der Waals surface area (Å²) in [5, 5.41) is 2.20. The van der Waals surface area contributed by atoms with Gasteiger partial charge in [-0.15, -0.1) is 0 Å². The molecule has 0 unspecified atom stereocenters. The molecule has 3 rings (SSSR count). The van der Waals surface area contributed by atoms with E-state index in [-0.39, 0.29) is 0 Å². The van der Waals surface area contributed by atoms with Crippen molar-refractivity contribution in [3.05, 3.63) is 36.7 Å². The van der Waals surface area contributed by atoms with Gasteiger partial charge in [0, 0.05) is 18.1 Å². The van der Waals surface area contributed by atoms with Crippen LogP contribution in [-0.4, -0.2) is 4.57 Å². The van der Waals surface area contributed by atoms with Crippen LogP contribution < -0.4 is 0 Å². The van der Waals surface area contributed by atoms with E-state index in [9.17, 15) is 0 Å². The summed E-state index contributed by atoms with van der Waals surface area (Å²) in [5.74, 6) is 0. The molecule has 0 saturated heterocycles. The zero-order chi connectivity index (χ0) is 9.54. The standard InChI is InChI=1S/C12H9NO/c1-2-13-5-3-9-8-12-10(4-6-14-12)7-11(9)13/h4,6-8H,2H2,1H3. The van der Waals surface area contributed by atoms with Crippen molar-refractivity contribution in [1.29, 1.82) is 0 Å². The van der Waals surface area contributed by atoms with Gasteiger partial charge in [-0.3, -0.25) is 0 Å². The van der Waals surface area contributed by atoms with Crippen LogP contribution in [0.2, 0.25) is 0 Å². The van der Waals surface area contributed by atoms with Crippen molar-refractivity contribution in [3.63, 3.8) is 0 Å². The Kier molecular flexibility index (Phi) is 1.37. The topological polar surface area (TPSA) is 18.1 Å². The molecule has 2 heterocycles. The third-order valence-electron chi connectivity index (χ3n) is 2.50. The van der Waals surface area contributed by atoms with Gasteiger partial charge in [0.2, 0.25) is 0 Å². The maximum absolute atomic E-state index is 5.33. The second-order valence-corrected chi connectivity index (χ2v) is 3.31. The molecule has 2 nitrogen and oxygen atoms in total. The van der Waals surface area contributed by atoms with Crippen LogP contribution in [0.4, 0.5) is 0 Å². The number of hydrogen-bond donors (Lipinski definition) is 0. The molecule has 0 radical (unpaired) electrons. The van der Waals surface area contributed by atoms with Gasteiger partial charge in [-0.1, -0.05) is 0 Å². The quantitative estimate of drug-likeness (QED) is 0.567. The lowest BCUT2D eigenvalue weighted by Crippen LogP contribution is -1.89. The van der Waals surface area contributed by atoms with Crippen molar-refractivity contribution in [2.45, 2.75) is 13.5 Å². The first-order valence-corrected chi connectivity index (χ1v) is 4.69. The SMILES string of the molecule is CCn1c#cc2cc3occc3cc21. The maximum Gasteiger partial charge on any atom is 0.135 e. The summed E-state index contributed by atoms with van der Waals surface area (Å²) in [6.07, 6.45) is 4.79. The van der Waals surface area contributed by atoms with Gasteiger partial charge in [0.05, 0.1) is 17.2 Å². The van der Waals surface area contributed by atoms with Crippen LogP contribution in [0.1, 0.15) is 6.92 Å². The number of hydrogen-bond acceptors (Lipinski definition) is 1. The Morgan fingerprint density at radius 2 is 2.36 bits per heavy atom. The molecule has 0 amide bonds. The van der Waals surface area contributed by atoms with E-state index in [1.165, 1.54) is 5.52 Å². The predicted octanol–water partition coefficient (Wildman–Crippen LogP) is 3.01. The van der Waals surface area contributed by atoms with Gasteiger partial charge in [0.15, 0.2) is 0 Å². The van der Waals surface area contributed by atoms with Gasteiger partial charge in [0.25, 0.3) is 0 Å². The molecule has 0 saturated carbocycles. The van der Waals surface area contributed by atoms with Crippen LogP contribution in [0.5, 0.6) is 0 Å². The van der Waals surface area contributed by atoms with E-state index in [1.54, 1.807) is 6.26 Å². The highest BCUT2D eigenvalue weighted by Crippen LogP contribution is 2.22. The Morgan fingerprint density at radius 1 is 1.43 bits per heavy atom. The van der Waals surface area contributed by atoms with Crippen LogP contribution in [0, 0.1) is 12.3 Å². The average molecular weight is 183 g/mol. The van der Waals surface area contributed by atoms with E-state index < -0.39 is 0 Å². The molecule has 1 aromatic carbocycles. The fraction of sp³-hybridized carbons (Fsp3) is 0.167. The van der Waals surface area contributed by atoms with Crippen molar-refractivity contribution in [2.75, 3.05) is 0 Å². The van der Waals surface area contributed by atoms with E-state index in [4.69, 9.17) is 4.42 Å². The summed E-state index contributed by atoms with van der Waals surface area (Å²) in [5.41, 5.74) is 2.08. The highest BCUT2D eigenvalue weighted by molar-refractivity contribution is 5.93. The third kappa shape index (κ3) is 0.869. The van der Waals surface area contributed by atoms with Crippen molar-refractivity contribution in [2.24, 2.45) is 0 Å². The summed E-state index contributed by atoms with van der Waals surface area (Å²) in [4.78, 5) is 0. The van der Waals surface area contributed by atoms with Gasteiger partial charge in [-0.2, -0.15) is 0 Å². The monoisotopic (exact) mass is 183 g/mol. The Balaban J connectivity index is 2.47. The number of rotatable bonds is 1. The Hall–Kier alpha value is -1.88. The van der Waals surface area contributed by atoms with Gasteiger partial charge in [-0.25, -0.2) is 0 Å². The second-order valence-electron chi connectivity index (χ2n) is 3.31. The molecule has 2 heteroatoms. The molecule has 0 aliphatic rings. The minimum Gasteiger partial charge on any atom is -0.464 e. The van der Waals surface area contributed by atoms with Crippen molar-refractivity contribution in [1.82, 2.24) is 4.57 Å². The minimum atomic E-state index is 0.913. The normalized spacial score (nSPS) is 10.9. The molecule has 0 aliphatic heterocycles. The highest BCUT2D eigenvalue weighted by atomic mass is 16.3. The number of nitrogens with zero attached hydrogens (tertiary/aromatic N) is 1. The van der Waals surface area contributed by atoms with E-state index in [0.29, 0.717) is 0 Å². The first-order valence-electron chi connectivity index (χ1n) is 4.69. The lowest BCUT2D eigenvalue weighted by atomic mass is 10.2. The lowest BCUT2D eigenvalue weighted by molar-refractivity contribution is 0.616. The van der Waals surface area contributed by atoms with Crippen LogP contribution in [0.15, 0.2) is 28.9 Å². The van der Waals surface area contributed by atoms with Gasteiger partial charge in [-0.05, 0) is 31.2 Å². The number of benzene rings is 1. The lowest BCUT2D eigenvalue weighted by Gasteiger charge is -1.97. The zero-order valence-electron chi connectivity index (χ0n) is 7.87. The van der Waals surface area contributed by atoms with Crippen molar-refractivity contribution >= 4 is 21.9 Å². The van der Waals surface area contributed by atoms with E-state index in [1.807, 2.05) is 12.1 Å². The maximum atomic E-state index is 5.33. The molecule has 0 N–H and O–H groups in total. The molecule has 0 spiro atoms. The molecule has 0 aliphatic carbocycles. The number of aryl methyl sites for hydroxylation is 1. The first kappa shape index (κ1) is 7.52. The Bertz CT molecular complexity index is 588. The Labute approximate surface area is 81.7 Å².